The van der Waals surface area contributed by atoms with Gasteiger partial charge in [-0.3, -0.25) is 0 Å². The average Bonchev–Trinajstić information content (AvgIpc) is 2.87. The van der Waals surface area contributed by atoms with E-state index >= 15 is 0 Å². The van der Waals surface area contributed by atoms with E-state index in [1.165, 1.54) is 11.1 Å². The van der Waals surface area contributed by atoms with E-state index in [0.717, 1.165) is 24.4 Å². The number of nitrogens with zero attached hydrogens (tertiary/aromatic N) is 1. The van der Waals surface area contributed by atoms with E-state index in [0.29, 0.717) is 0 Å². The highest BCUT2D eigenvalue weighted by atomic mass is 16.5. The van der Waals surface area contributed by atoms with Gasteiger partial charge in [0.1, 0.15) is 6.10 Å². The molecule has 0 saturated carbocycles. The second-order valence-corrected chi connectivity index (χ2v) is 6.39. The molecule has 0 bridgehead atoms. The van der Waals surface area contributed by atoms with E-state index in [1.807, 2.05) is 30.3 Å². The van der Waals surface area contributed by atoms with E-state index in [4.69, 9.17) is 9.73 Å². The third-order valence-electron chi connectivity index (χ3n) is 4.62. The largest absolute Gasteiger partial charge is 0.472 e. The molecule has 3 rings (SSSR count). The minimum absolute atomic E-state index is 0.00535. The summed E-state index contributed by atoms with van der Waals surface area (Å²) in [6, 6.07) is 18.7. The molecule has 2 atom stereocenters. The number of benzene rings is 2. The van der Waals surface area contributed by atoms with Crippen LogP contribution in [0.25, 0.3) is 0 Å². The lowest BCUT2D eigenvalue weighted by atomic mass is 9.83. The SMILES string of the molecule is CCC1(C)CC(c2ccc(C)cc2)OC1=Nc1ccccc1. The van der Waals surface area contributed by atoms with E-state index < -0.39 is 0 Å². The fraction of sp³-hybridized carbons (Fsp3) is 0.350. The summed E-state index contributed by atoms with van der Waals surface area (Å²) in [4.78, 5) is 4.77. The fourth-order valence-electron chi connectivity index (χ4n) is 2.86. The van der Waals surface area contributed by atoms with Crippen molar-refractivity contribution in [2.24, 2.45) is 10.4 Å². The first-order valence-electron chi connectivity index (χ1n) is 7.98. The molecule has 2 heteroatoms. The standard InChI is InChI=1S/C20H23NO/c1-4-20(3)14-18(16-12-10-15(2)11-13-16)22-19(20)21-17-8-6-5-7-9-17/h5-13,18H,4,14H2,1-3H3. The van der Waals surface area contributed by atoms with Crippen LogP contribution in [0, 0.1) is 12.3 Å². The Kier molecular flexibility index (Phi) is 4.02. The molecule has 0 N–H and O–H groups in total. The zero-order valence-corrected chi connectivity index (χ0v) is 13.5. The minimum atomic E-state index is 0.00535. The van der Waals surface area contributed by atoms with Crippen LogP contribution in [0.3, 0.4) is 0 Å². The molecule has 2 nitrogen and oxygen atoms in total. The highest BCUT2D eigenvalue weighted by Gasteiger charge is 2.42. The average molecular weight is 293 g/mol. The molecule has 1 aliphatic heterocycles. The lowest BCUT2D eigenvalue weighted by Crippen LogP contribution is -2.21. The summed E-state index contributed by atoms with van der Waals surface area (Å²) < 4.78 is 6.25. The molecule has 114 valence electrons. The quantitative estimate of drug-likeness (QED) is 0.721. The third kappa shape index (κ3) is 2.92. The summed E-state index contributed by atoms with van der Waals surface area (Å²) >= 11 is 0. The lowest BCUT2D eigenvalue weighted by molar-refractivity contribution is 0.221. The van der Waals surface area contributed by atoms with Gasteiger partial charge in [-0.1, -0.05) is 61.9 Å². The first kappa shape index (κ1) is 14.8. The summed E-state index contributed by atoms with van der Waals surface area (Å²) in [5.41, 5.74) is 3.48. The number of rotatable bonds is 3. The molecule has 0 amide bonds. The van der Waals surface area contributed by atoms with Crippen molar-refractivity contribution in [2.75, 3.05) is 0 Å². The number of para-hydroxylation sites is 1. The topological polar surface area (TPSA) is 21.6 Å². The monoisotopic (exact) mass is 293 g/mol. The van der Waals surface area contributed by atoms with Crippen LogP contribution in [0.15, 0.2) is 59.6 Å². The highest BCUT2D eigenvalue weighted by molar-refractivity contribution is 5.86. The zero-order valence-electron chi connectivity index (χ0n) is 13.5. The van der Waals surface area contributed by atoms with Crippen LogP contribution >= 0.6 is 0 Å². The van der Waals surface area contributed by atoms with Crippen LogP contribution in [0.2, 0.25) is 0 Å². The van der Waals surface area contributed by atoms with Crippen molar-refractivity contribution in [3.05, 3.63) is 65.7 Å². The Labute approximate surface area is 132 Å². The summed E-state index contributed by atoms with van der Waals surface area (Å²) in [5.74, 6) is 0.867. The molecule has 22 heavy (non-hydrogen) atoms. The molecule has 0 spiro atoms. The second-order valence-electron chi connectivity index (χ2n) is 6.39. The number of hydrogen-bond acceptors (Lipinski definition) is 2. The molecule has 2 aromatic rings. The fourth-order valence-corrected chi connectivity index (χ4v) is 2.86. The first-order valence-corrected chi connectivity index (χ1v) is 7.98. The van der Waals surface area contributed by atoms with E-state index in [2.05, 4.69) is 45.0 Å². The van der Waals surface area contributed by atoms with Crippen molar-refractivity contribution < 1.29 is 4.74 Å². The molecule has 0 aliphatic carbocycles. The number of hydrogen-bond donors (Lipinski definition) is 0. The Morgan fingerprint density at radius 1 is 1.09 bits per heavy atom. The first-order chi connectivity index (χ1) is 10.6. The Morgan fingerprint density at radius 2 is 1.77 bits per heavy atom. The van der Waals surface area contributed by atoms with Crippen molar-refractivity contribution in [1.29, 1.82) is 0 Å². The Bertz CT molecular complexity index is 660. The number of aryl methyl sites for hydroxylation is 1. The van der Waals surface area contributed by atoms with Gasteiger partial charge in [0.15, 0.2) is 5.90 Å². The predicted octanol–water partition coefficient (Wildman–Crippen LogP) is 5.60. The summed E-state index contributed by atoms with van der Waals surface area (Å²) in [5, 5.41) is 0. The molecular weight excluding hydrogens is 270 g/mol. The maximum atomic E-state index is 6.25. The molecule has 0 radical (unpaired) electrons. The molecule has 1 aliphatic rings. The minimum Gasteiger partial charge on any atom is -0.472 e. The zero-order chi connectivity index (χ0) is 15.6. The molecule has 0 aromatic heterocycles. The van der Waals surface area contributed by atoms with Crippen molar-refractivity contribution in [3.8, 4) is 0 Å². The highest BCUT2D eigenvalue weighted by Crippen LogP contribution is 2.45. The molecular formula is C20H23NO. The Morgan fingerprint density at radius 3 is 2.41 bits per heavy atom. The Balaban J connectivity index is 1.90. The van der Waals surface area contributed by atoms with Gasteiger partial charge in [-0.05, 0) is 31.0 Å². The normalized spacial score (nSPS) is 26.1. The van der Waals surface area contributed by atoms with Crippen molar-refractivity contribution >= 4 is 11.6 Å². The van der Waals surface area contributed by atoms with Gasteiger partial charge in [-0.25, -0.2) is 4.99 Å². The van der Waals surface area contributed by atoms with Crippen LogP contribution in [-0.2, 0) is 4.74 Å². The number of ether oxygens (including phenoxy) is 1. The van der Waals surface area contributed by atoms with Crippen LogP contribution in [-0.4, -0.2) is 5.90 Å². The van der Waals surface area contributed by atoms with Gasteiger partial charge in [-0.15, -0.1) is 0 Å². The van der Waals surface area contributed by atoms with Crippen molar-refractivity contribution in [3.63, 3.8) is 0 Å². The van der Waals surface area contributed by atoms with Crippen molar-refractivity contribution in [1.82, 2.24) is 0 Å². The van der Waals surface area contributed by atoms with Gasteiger partial charge in [0.05, 0.1) is 5.69 Å². The molecule has 1 saturated heterocycles. The lowest BCUT2D eigenvalue weighted by Gasteiger charge is -2.19. The summed E-state index contributed by atoms with van der Waals surface area (Å²) in [6.45, 7) is 6.57. The van der Waals surface area contributed by atoms with Gasteiger partial charge in [0.25, 0.3) is 0 Å². The van der Waals surface area contributed by atoms with Gasteiger partial charge in [0, 0.05) is 11.8 Å². The summed E-state index contributed by atoms with van der Waals surface area (Å²) in [7, 11) is 0. The van der Waals surface area contributed by atoms with Gasteiger partial charge >= 0.3 is 0 Å². The van der Waals surface area contributed by atoms with E-state index in [9.17, 15) is 0 Å². The van der Waals surface area contributed by atoms with Gasteiger partial charge in [0.2, 0.25) is 0 Å². The molecule has 2 unspecified atom stereocenters. The smallest absolute Gasteiger partial charge is 0.195 e. The van der Waals surface area contributed by atoms with Gasteiger partial charge < -0.3 is 4.74 Å². The van der Waals surface area contributed by atoms with Gasteiger partial charge in [-0.2, -0.15) is 0 Å². The van der Waals surface area contributed by atoms with E-state index in [1.54, 1.807) is 0 Å². The van der Waals surface area contributed by atoms with Crippen LogP contribution in [0.5, 0.6) is 0 Å². The Hall–Kier alpha value is -2.09. The maximum absolute atomic E-state index is 6.25. The van der Waals surface area contributed by atoms with Crippen molar-refractivity contribution in [2.45, 2.75) is 39.7 Å². The molecule has 1 fully saturated rings. The van der Waals surface area contributed by atoms with E-state index in [-0.39, 0.29) is 11.5 Å². The van der Waals surface area contributed by atoms with Crippen LogP contribution in [0.4, 0.5) is 5.69 Å². The summed E-state index contributed by atoms with van der Waals surface area (Å²) in [6.07, 6.45) is 2.12. The number of aliphatic imine (C=N–C) groups is 1. The third-order valence-corrected chi connectivity index (χ3v) is 4.62. The van der Waals surface area contributed by atoms with Crippen LogP contribution in [0.1, 0.15) is 43.9 Å². The molecule has 1 heterocycles. The predicted molar refractivity (Wildman–Crippen MR) is 91.6 cm³/mol. The van der Waals surface area contributed by atoms with Crippen LogP contribution < -0.4 is 0 Å². The molecule has 2 aromatic carbocycles. The maximum Gasteiger partial charge on any atom is 0.195 e. The second kappa shape index (κ2) is 5.96.